The summed E-state index contributed by atoms with van der Waals surface area (Å²) in [5.74, 6) is 0.722. The van der Waals surface area contributed by atoms with Crippen molar-refractivity contribution in [1.82, 2.24) is 10.3 Å². The summed E-state index contributed by atoms with van der Waals surface area (Å²) >= 11 is 0. The maximum atomic E-state index is 5.89. The molecule has 1 atom stereocenters. The van der Waals surface area contributed by atoms with Crippen LogP contribution in [0.25, 0.3) is 11.1 Å². The number of oxazole rings is 1. The van der Waals surface area contributed by atoms with E-state index in [2.05, 4.69) is 15.2 Å². The summed E-state index contributed by atoms with van der Waals surface area (Å²) in [4.78, 5) is 6.93. The Morgan fingerprint density at radius 2 is 2.15 bits per heavy atom. The number of para-hydroxylation sites is 2. The van der Waals surface area contributed by atoms with Crippen molar-refractivity contribution in [2.45, 2.75) is 31.7 Å². The van der Waals surface area contributed by atoms with Crippen LogP contribution in [0.1, 0.15) is 25.7 Å². The molecule has 1 saturated heterocycles. The second-order valence-corrected chi connectivity index (χ2v) is 6.10. The molecular formula is C16H21N3O. The average molecular weight is 271 g/mol. The van der Waals surface area contributed by atoms with E-state index in [0.717, 1.165) is 48.7 Å². The average Bonchev–Trinajstić information content (AvgIpc) is 3.22. The van der Waals surface area contributed by atoms with E-state index in [9.17, 15) is 0 Å². The highest BCUT2D eigenvalue weighted by Crippen LogP contribution is 2.26. The molecule has 0 amide bonds. The second kappa shape index (κ2) is 5.09. The number of hydrogen-bond acceptors (Lipinski definition) is 4. The van der Waals surface area contributed by atoms with Crippen molar-refractivity contribution in [2.75, 3.05) is 24.5 Å². The fraction of sp³-hybridized carbons (Fsp3) is 0.562. The van der Waals surface area contributed by atoms with Gasteiger partial charge in [0.1, 0.15) is 5.52 Å². The molecule has 1 unspecified atom stereocenters. The van der Waals surface area contributed by atoms with E-state index in [1.54, 1.807) is 0 Å². The highest BCUT2D eigenvalue weighted by Gasteiger charge is 2.26. The molecule has 2 fully saturated rings. The second-order valence-electron chi connectivity index (χ2n) is 6.10. The number of rotatable bonds is 4. The maximum absolute atomic E-state index is 5.89. The Bertz CT molecular complexity index is 557. The predicted octanol–water partition coefficient (Wildman–Crippen LogP) is 2.80. The minimum atomic E-state index is 0.722. The zero-order chi connectivity index (χ0) is 13.4. The first kappa shape index (κ1) is 12.2. The van der Waals surface area contributed by atoms with Gasteiger partial charge in [-0.05, 0) is 50.3 Å². The highest BCUT2D eigenvalue weighted by atomic mass is 16.4. The first-order chi connectivity index (χ1) is 9.88. The number of hydrogen-bond donors (Lipinski definition) is 1. The molecule has 20 heavy (non-hydrogen) atoms. The van der Waals surface area contributed by atoms with Crippen molar-refractivity contribution in [3.05, 3.63) is 24.3 Å². The highest BCUT2D eigenvalue weighted by molar-refractivity contribution is 5.74. The lowest BCUT2D eigenvalue weighted by Crippen LogP contribution is -2.40. The molecular weight excluding hydrogens is 250 g/mol. The van der Waals surface area contributed by atoms with Gasteiger partial charge in [-0.15, -0.1) is 0 Å². The summed E-state index contributed by atoms with van der Waals surface area (Å²) in [6.07, 6.45) is 5.27. The molecule has 4 heteroatoms. The zero-order valence-electron chi connectivity index (χ0n) is 11.7. The quantitative estimate of drug-likeness (QED) is 0.928. The van der Waals surface area contributed by atoms with Gasteiger partial charge in [0, 0.05) is 19.1 Å². The molecule has 1 N–H and O–H groups in total. The topological polar surface area (TPSA) is 41.3 Å². The van der Waals surface area contributed by atoms with Crippen LogP contribution in [-0.4, -0.2) is 30.7 Å². The number of fused-ring (bicyclic) bond motifs is 1. The zero-order valence-corrected chi connectivity index (χ0v) is 11.7. The summed E-state index contributed by atoms with van der Waals surface area (Å²) in [6.45, 7) is 3.26. The van der Waals surface area contributed by atoms with E-state index in [0.29, 0.717) is 0 Å². The van der Waals surface area contributed by atoms with Crippen molar-refractivity contribution < 1.29 is 4.42 Å². The fourth-order valence-corrected chi connectivity index (χ4v) is 3.02. The normalized spacial score (nSPS) is 23.4. The number of nitrogens with zero attached hydrogens (tertiary/aromatic N) is 2. The first-order valence-electron chi connectivity index (χ1n) is 7.72. The largest absolute Gasteiger partial charge is 0.423 e. The summed E-state index contributed by atoms with van der Waals surface area (Å²) in [5.41, 5.74) is 1.85. The smallest absolute Gasteiger partial charge is 0.298 e. The van der Waals surface area contributed by atoms with Gasteiger partial charge in [-0.3, -0.25) is 0 Å². The third kappa shape index (κ3) is 2.52. The van der Waals surface area contributed by atoms with Gasteiger partial charge in [0.05, 0.1) is 0 Å². The van der Waals surface area contributed by atoms with Crippen LogP contribution >= 0.6 is 0 Å². The van der Waals surface area contributed by atoms with E-state index in [1.807, 2.05) is 24.3 Å². The third-order valence-corrected chi connectivity index (χ3v) is 4.34. The van der Waals surface area contributed by atoms with Gasteiger partial charge >= 0.3 is 0 Å². The van der Waals surface area contributed by atoms with Crippen molar-refractivity contribution in [1.29, 1.82) is 0 Å². The van der Waals surface area contributed by atoms with Gasteiger partial charge in [-0.1, -0.05) is 12.1 Å². The number of anilines is 1. The van der Waals surface area contributed by atoms with Gasteiger partial charge < -0.3 is 14.6 Å². The molecule has 1 saturated carbocycles. The molecule has 2 aromatic rings. The van der Waals surface area contributed by atoms with Gasteiger partial charge in [0.2, 0.25) is 0 Å². The summed E-state index contributed by atoms with van der Waals surface area (Å²) in [7, 11) is 0. The monoisotopic (exact) mass is 271 g/mol. The molecule has 0 radical (unpaired) electrons. The Balaban J connectivity index is 1.46. The molecule has 4 rings (SSSR count). The van der Waals surface area contributed by atoms with Crippen LogP contribution in [0.15, 0.2) is 28.7 Å². The van der Waals surface area contributed by atoms with Crippen LogP contribution in [0.4, 0.5) is 6.01 Å². The summed E-state index contributed by atoms with van der Waals surface area (Å²) in [5, 5.41) is 3.65. The Hall–Kier alpha value is -1.55. The summed E-state index contributed by atoms with van der Waals surface area (Å²) < 4.78 is 5.89. The maximum Gasteiger partial charge on any atom is 0.298 e. The van der Waals surface area contributed by atoms with E-state index in [1.165, 1.54) is 25.7 Å². The van der Waals surface area contributed by atoms with Gasteiger partial charge in [-0.25, -0.2) is 0 Å². The number of aromatic nitrogens is 1. The Labute approximate surface area is 119 Å². The SMILES string of the molecule is c1ccc2oc(N3CCCC(CNC4CC4)C3)nc2c1. The first-order valence-corrected chi connectivity index (χ1v) is 7.72. The van der Waals surface area contributed by atoms with Crippen molar-refractivity contribution >= 4 is 17.1 Å². The number of nitrogens with one attached hydrogen (secondary N) is 1. The molecule has 1 aromatic heterocycles. The van der Waals surface area contributed by atoms with Crippen LogP contribution in [-0.2, 0) is 0 Å². The van der Waals surface area contributed by atoms with Crippen molar-refractivity contribution in [3.63, 3.8) is 0 Å². The van der Waals surface area contributed by atoms with Gasteiger partial charge in [0.15, 0.2) is 5.58 Å². The van der Waals surface area contributed by atoms with E-state index < -0.39 is 0 Å². The lowest BCUT2D eigenvalue weighted by Gasteiger charge is -2.31. The minimum Gasteiger partial charge on any atom is -0.423 e. The molecule has 2 aliphatic rings. The molecule has 1 aromatic carbocycles. The summed E-state index contributed by atoms with van der Waals surface area (Å²) in [6, 6.07) is 9.60. The Kier molecular flexibility index (Phi) is 3.11. The fourth-order valence-electron chi connectivity index (χ4n) is 3.02. The Morgan fingerprint density at radius 1 is 1.25 bits per heavy atom. The lowest BCUT2D eigenvalue weighted by molar-refractivity contribution is 0.376. The minimum absolute atomic E-state index is 0.722. The molecule has 1 aliphatic carbocycles. The van der Waals surface area contributed by atoms with E-state index in [4.69, 9.17) is 4.42 Å². The lowest BCUT2D eigenvalue weighted by atomic mass is 9.98. The number of piperidine rings is 1. The van der Waals surface area contributed by atoms with Crippen LogP contribution in [0.5, 0.6) is 0 Å². The molecule has 1 aliphatic heterocycles. The van der Waals surface area contributed by atoms with Gasteiger partial charge in [-0.2, -0.15) is 4.98 Å². The Morgan fingerprint density at radius 3 is 3.00 bits per heavy atom. The third-order valence-electron chi connectivity index (χ3n) is 4.34. The van der Waals surface area contributed by atoms with Crippen LogP contribution in [0.3, 0.4) is 0 Å². The van der Waals surface area contributed by atoms with Crippen molar-refractivity contribution in [2.24, 2.45) is 5.92 Å². The van der Waals surface area contributed by atoms with E-state index in [-0.39, 0.29) is 0 Å². The van der Waals surface area contributed by atoms with Gasteiger partial charge in [0.25, 0.3) is 6.01 Å². The predicted molar refractivity (Wildman–Crippen MR) is 80.0 cm³/mol. The molecule has 4 nitrogen and oxygen atoms in total. The van der Waals surface area contributed by atoms with Crippen LogP contribution < -0.4 is 10.2 Å². The molecule has 0 bridgehead atoms. The standard InChI is InChI=1S/C16H21N3O/c1-2-6-15-14(5-1)18-16(20-15)19-9-3-4-12(11-19)10-17-13-7-8-13/h1-2,5-6,12-13,17H,3-4,7-11H2. The van der Waals surface area contributed by atoms with E-state index >= 15 is 0 Å². The molecule has 0 spiro atoms. The van der Waals surface area contributed by atoms with Crippen LogP contribution in [0.2, 0.25) is 0 Å². The van der Waals surface area contributed by atoms with Crippen LogP contribution in [0, 0.1) is 5.92 Å². The molecule has 106 valence electrons. The van der Waals surface area contributed by atoms with Crippen molar-refractivity contribution in [3.8, 4) is 0 Å². The number of benzene rings is 1. The molecule has 2 heterocycles.